The van der Waals surface area contributed by atoms with Crippen LogP contribution in [0.15, 0.2) is 30.3 Å². The van der Waals surface area contributed by atoms with Crippen LogP contribution in [0.3, 0.4) is 0 Å². The van der Waals surface area contributed by atoms with Gasteiger partial charge >= 0.3 is 0 Å². The minimum Gasteiger partial charge on any atom is -0.383 e. The highest BCUT2D eigenvalue weighted by atomic mass is 35.5. The van der Waals surface area contributed by atoms with E-state index in [0.29, 0.717) is 13.2 Å². The molecule has 0 bridgehead atoms. The van der Waals surface area contributed by atoms with Crippen LogP contribution in [0.1, 0.15) is 6.42 Å². The summed E-state index contributed by atoms with van der Waals surface area (Å²) < 4.78 is 4.90. The second-order valence-electron chi connectivity index (χ2n) is 4.27. The minimum absolute atomic E-state index is 0. The molecule has 0 fully saturated rings. The molecule has 1 rings (SSSR count). The van der Waals surface area contributed by atoms with Gasteiger partial charge in [-0.3, -0.25) is 9.59 Å². The third-order valence-electron chi connectivity index (χ3n) is 2.71. The Balaban J connectivity index is 0.00000400. The normalized spacial score (nSPS) is 9.76. The number of rotatable bonds is 9. The topological polar surface area (TPSA) is 84.7 Å². The molecule has 0 atom stereocenters. The average Bonchev–Trinajstić information content (AvgIpc) is 2.44. The van der Waals surface area contributed by atoms with E-state index in [1.807, 2.05) is 30.3 Å². The Morgan fingerprint density at radius 2 is 1.95 bits per heavy atom. The summed E-state index contributed by atoms with van der Waals surface area (Å²) in [5.41, 5.74) is 5.91. The van der Waals surface area contributed by atoms with E-state index in [2.05, 4.69) is 5.32 Å². The van der Waals surface area contributed by atoms with Gasteiger partial charge in [0.15, 0.2) is 0 Å². The van der Waals surface area contributed by atoms with Crippen molar-refractivity contribution >= 4 is 29.9 Å². The lowest BCUT2D eigenvalue weighted by atomic mass is 10.2. The van der Waals surface area contributed by atoms with Gasteiger partial charge in [-0.1, -0.05) is 18.2 Å². The molecule has 3 N–H and O–H groups in total. The third kappa shape index (κ3) is 7.65. The van der Waals surface area contributed by atoms with Crippen molar-refractivity contribution in [3.05, 3.63) is 30.3 Å². The van der Waals surface area contributed by atoms with E-state index in [4.69, 9.17) is 10.5 Å². The van der Waals surface area contributed by atoms with Crippen molar-refractivity contribution in [3.8, 4) is 0 Å². The predicted octanol–water partition coefficient (Wildman–Crippen LogP) is 0.553. The van der Waals surface area contributed by atoms with Crippen LogP contribution < -0.4 is 16.0 Å². The molecule has 0 aliphatic heterocycles. The molecule has 0 saturated heterocycles. The van der Waals surface area contributed by atoms with Crippen LogP contribution in [0.2, 0.25) is 0 Å². The summed E-state index contributed by atoms with van der Waals surface area (Å²) in [6.07, 6.45) is 0.138. The van der Waals surface area contributed by atoms with Gasteiger partial charge < -0.3 is 20.7 Å². The van der Waals surface area contributed by atoms with Gasteiger partial charge in [0.25, 0.3) is 0 Å². The van der Waals surface area contributed by atoms with Crippen LogP contribution in [-0.2, 0) is 14.3 Å². The number of hydrogen-bond donors (Lipinski definition) is 2. The average molecular weight is 316 g/mol. The van der Waals surface area contributed by atoms with E-state index in [0.717, 1.165) is 5.69 Å². The molecule has 0 aliphatic carbocycles. The summed E-state index contributed by atoms with van der Waals surface area (Å²) >= 11 is 0. The standard InChI is InChI=1S/C14H21N3O3.ClH/c1-20-10-8-16-11-14(19)17(9-7-13(15)18)12-5-3-2-4-6-12;/h2-6,16H,7-11H2,1H3,(H2,15,18);1H. The first-order chi connectivity index (χ1) is 9.65. The van der Waals surface area contributed by atoms with E-state index in [1.165, 1.54) is 0 Å². The Hall–Kier alpha value is -1.63. The summed E-state index contributed by atoms with van der Waals surface area (Å²) in [6, 6.07) is 9.22. The lowest BCUT2D eigenvalue weighted by Gasteiger charge is -2.22. The van der Waals surface area contributed by atoms with Crippen molar-refractivity contribution < 1.29 is 14.3 Å². The summed E-state index contributed by atoms with van der Waals surface area (Å²) in [5.74, 6) is -0.528. The van der Waals surface area contributed by atoms with Crippen LogP contribution >= 0.6 is 12.4 Å². The molecule has 0 spiro atoms. The Labute approximate surface area is 131 Å². The van der Waals surface area contributed by atoms with Crippen molar-refractivity contribution in [3.63, 3.8) is 0 Å². The molecule has 0 aliphatic rings. The fourth-order valence-electron chi connectivity index (χ4n) is 1.69. The first-order valence-corrected chi connectivity index (χ1v) is 6.48. The van der Waals surface area contributed by atoms with Gasteiger partial charge in [-0.25, -0.2) is 0 Å². The number of carbonyl (C=O) groups is 2. The van der Waals surface area contributed by atoms with E-state index >= 15 is 0 Å². The van der Waals surface area contributed by atoms with E-state index in [-0.39, 0.29) is 37.8 Å². The van der Waals surface area contributed by atoms with E-state index < -0.39 is 5.91 Å². The van der Waals surface area contributed by atoms with Gasteiger partial charge in [-0.2, -0.15) is 0 Å². The zero-order valence-electron chi connectivity index (χ0n) is 12.1. The first-order valence-electron chi connectivity index (χ1n) is 6.48. The molecule has 2 amide bonds. The number of hydrogen-bond acceptors (Lipinski definition) is 4. The lowest BCUT2D eigenvalue weighted by Crippen LogP contribution is -2.40. The van der Waals surface area contributed by atoms with Crippen molar-refractivity contribution in [1.82, 2.24) is 5.32 Å². The Morgan fingerprint density at radius 3 is 2.52 bits per heavy atom. The SMILES string of the molecule is COCCNCC(=O)N(CCC(N)=O)c1ccccc1.Cl. The number of ether oxygens (including phenoxy) is 1. The minimum atomic E-state index is -0.425. The number of nitrogens with zero attached hydrogens (tertiary/aromatic N) is 1. The second-order valence-corrected chi connectivity index (χ2v) is 4.27. The number of nitrogens with one attached hydrogen (secondary N) is 1. The quantitative estimate of drug-likeness (QED) is 0.652. The molecule has 0 unspecified atom stereocenters. The van der Waals surface area contributed by atoms with Gasteiger partial charge in [0.05, 0.1) is 13.2 Å². The van der Waals surface area contributed by atoms with Crippen molar-refractivity contribution in [2.75, 3.05) is 38.3 Å². The third-order valence-corrected chi connectivity index (χ3v) is 2.71. The molecular formula is C14H22ClN3O3. The molecule has 7 heteroatoms. The molecule has 0 saturated carbocycles. The summed E-state index contributed by atoms with van der Waals surface area (Å²) in [4.78, 5) is 24.7. The van der Waals surface area contributed by atoms with Crippen molar-refractivity contribution in [2.45, 2.75) is 6.42 Å². The number of anilines is 1. The van der Waals surface area contributed by atoms with Crippen LogP contribution in [0.5, 0.6) is 0 Å². The molecule has 6 nitrogen and oxygen atoms in total. The maximum absolute atomic E-state index is 12.2. The van der Waals surface area contributed by atoms with Gasteiger partial charge in [-0.15, -0.1) is 12.4 Å². The zero-order chi connectivity index (χ0) is 14.8. The molecule has 118 valence electrons. The number of carbonyl (C=O) groups excluding carboxylic acids is 2. The van der Waals surface area contributed by atoms with E-state index in [1.54, 1.807) is 12.0 Å². The highest BCUT2D eigenvalue weighted by Gasteiger charge is 2.15. The Morgan fingerprint density at radius 1 is 1.29 bits per heavy atom. The Bertz CT molecular complexity index is 429. The van der Waals surface area contributed by atoms with Crippen molar-refractivity contribution in [2.24, 2.45) is 5.73 Å². The van der Waals surface area contributed by atoms with Gasteiger partial charge in [0.2, 0.25) is 11.8 Å². The highest BCUT2D eigenvalue weighted by molar-refractivity contribution is 5.95. The highest BCUT2D eigenvalue weighted by Crippen LogP contribution is 2.13. The largest absolute Gasteiger partial charge is 0.383 e. The number of para-hydroxylation sites is 1. The van der Waals surface area contributed by atoms with Crippen LogP contribution in [0.4, 0.5) is 5.69 Å². The fourth-order valence-corrected chi connectivity index (χ4v) is 1.69. The van der Waals surface area contributed by atoms with Gasteiger partial charge in [0.1, 0.15) is 0 Å². The van der Waals surface area contributed by atoms with E-state index in [9.17, 15) is 9.59 Å². The van der Waals surface area contributed by atoms with Gasteiger partial charge in [-0.05, 0) is 12.1 Å². The maximum Gasteiger partial charge on any atom is 0.240 e. The van der Waals surface area contributed by atoms with Crippen LogP contribution in [0, 0.1) is 0 Å². The fraction of sp³-hybridized carbons (Fsp3) is 0.429. The Kier molecular flexibility index (Phi) is 10.2. The zero-order valence-corrected chi connectivity index (χ0v) is 12.9. The predicted molar refractivity (Wildman–Crippen MR) is 84.6 cm³/mol. The monoisotopic (exact) mass is 315 g/mol. The number of methoxy groups -OCH3 is 1. The molecular weight excluding hydrogens is 294 g/mol. The summed E-state index contributed by atoms with van der Waals surface area (Å²) in [6.45, 7) is 1.61. The first kappa shape index (κ1) is 19.4. The smallest absolute Gasteiger partial charge is 0.240 e. The number of primary amides is 1. The van der Waals surface area contributed by atoms with Crippen LogP contribution in [0.25, 0.3) is 0 Å². The van der Waals surface area contributed by atoms with Gasteiger partial charge in [0, 0.05) is 32.3 Å². The molecule has 21 heavy (non-hydrogen) atoms. The maximum atomic E-state index is 12.2. The number of halogens is 1. The van der Waals surface area contributed by atoms with Crippen molar-refractivity contribution in [1.29, 1.82) is 0 Å². The number of amides is 2. The number of benzene rings is 1. The van der Waals surface area contributed by atoms with Crippen LogP contribution in [-0.4, -0.2) is 45.2 Å². The second kappa shape index (κ2) is 11.1. The number of nitrogens with two attached hydrogens (primary N) is 1. The molecule has 1 aromatic carbocycles. The molecule has 1 aromatic rings. The lowest BCUT2D eigenvalue weighted by molar-refractivity contribution is -0.118. The molecule has 0 aromatic heterocycles. The molecule has 0 heterocycles. The summed E-state index contributed by atoms with van der Waals surface area (Å²) in [5, 5.41) is 2.99. The molecule has 0 radical (unpaired) electrons. The summed E-state index contributed by atoms with van der Waals surface area (Å²) in [7, 11) is 1.60.